The first-order chi connectivity index (χ1) is 11.5. The normalized spacial score (nSPS) is 14.6. The van der Waals surface area contributed by atoms with E-state index in [0.29, 0.717) is 18.0 Å². The molecule has 0 saturated carbocycles. The maximum Gasteiger partial charge on any atom is 0.251 e. The van der Waals surface area contributed by atoms with Crippen molar-refractivity contribution in [3.63, 3.8) is 0 Å². The molecule has 4 nitrogen and oxygen atoms in total. The maximum atomic E-state index is 12.7. The monoisotopic (exact) mass is 342 g/mol. The summed E-state index contributed by atoms with van der Waals surface area (Å²) >= 11 is 1.66. The first-order valence-corrected chi connectivity index (χ1v) is 9.10. The SMILES string of the molecule is CC(=O)N1CCc2cc(C(=O)N[C@H](c3cccs3)C(C)C)ccc21. The zero-order valence-corrected chi connectivity index (χ0v) is 15.0. The Morgan fingerprint density at radius 3 is 2.67 bits per heavy atom. The number of hydrogen-bond donors (Lipinski definition) is 1. The van der Waals surface area contributed by atoms with Gasteiger partial charge in [-0.25, -0.2) is 0 Å². The van der Waals surface area contributed by atoms with E-state index < -0.39 is 0 Å². The van der Waals surface area contributed by atoms with Crippen molar-refractivity contribution in [3.05, 3.63) is 51.7 Å². The third-order valence-electron chi connectivity index (χ3n) is 4.42. The van der Waals surface area contributed by atoms with Crippen LogP contribution in [0.25, 0.3) is 0 Å². The Labute approximate surface area is 146 Å². The van der Waals surface area contributed by atoms with Crippen LogP contribution in [0.3, 0.4) is 0 Å². The molecule has 0 saturated heterocycles. The van der Waals surface area contributed by atoms with Gasteiger partial charge in [0.05, 0.1) is 6.04 Å². The predicted molar refractivity (Wildman–Crippen MR) is 97.5 cm³/mol. The second-order valence-electron chi connectivity index (χ2n) is 6.47. The van der Waals surface area contributed by atoms with Crippen LogP contribution in [0.4, 0.5) is 5.69 Å². The average molecular weight is 342 g/mol. The van der Waals surface area contributed by atoms with Crippen molar-refractivity contribution in [2.24, 2.45) is 5.92 Å². The number of fused-ring (bicyclic) bond motifs is 1. The summed E-state index contributed by atoms with van der Waals surface area (Å²) in [6.07, 6.45) is 0.800. The molecule has 0 aliphatic carbocycles. The summed E-state index contributed by atoms with van der Waals surface area (Å²) in [5, 5.41) is 5.18. The Hall–Kier alpha value is -2.14. The van der Waals surface area contributed by atoms with Crippen LogP contribution in [0.5, 0.6) is 0 Å². The Balaban J connectivity index is 1.80. The minimum atomic E-state index is -0.0637. The number of hydrogen-bond acceptors (Lipinski definition) is 3. The summed E-state index contributed by atoms with van der Waals surface area (Å²) in [5.41, 5.74) is 2.65. The molecule has 0 unspecified atom stereocenters. The Morgan fingerprint density at radius 1 is 1.25 bits per heavy atom. The number of anilines is 1. The molecule has 0 bridgehead atoms. The van der Waals surface area contributed by atoms with Crippen molar-refractivity contribution in [2.45, 2.75) is 33.2 Å². The van der Waals surface area contributed by atoms with Gasteiger partial charge in [-0.3, -0.25) is 9.59 Å². The molecule has 1 atom stereocenters. The van der Waals surface area contributed by atoms with Gasteiger partial charge >= 0.3 is 0 Å². The van der Waals surface area contributed by atoms with Gasteiger partial charge in [-0.2, -0.15) is 0 Å². The first kappa shape index (κ1) is 16.7. The lowest BCUT2D eigenvalue weighted by Crippen LogP contribution is -2.31. The van der Waals surface area contributed by atoms with Gasteiger partial charge in [0.1, 0.15) is 0 Å². The number of benzene rings is 1. The standard InChI is InChI=1S/C19H22N2O2S/c1-12(2)18(17-5-4-10-24-17)20-19(23)15-6-7-16-14(11-15)8-9-21(16)13(3)22/h4-7,10-12,18H,8-9H2,1-3H3,(H,20,23)/t18-/m0/s1. The highest BCUT2D eigenvalue weighted by molar-refractivity contribution is 7.10. The number of thiophene rings is 1. The van der Waals surface area contributed by atoms with Crippen molar-refractivity contribution in [1.29, 1.82) is 0 Å². The molecule has 0 spiro atoms. The highest BCUT2D eigenvalue weighted by Crippen LogP contribution is 2.30. The maximum absolute atomic E-state index is 12.7. The van der Waals surface area contributed by atoms with Crippen molar-refractivity contribution in [2.75, 3.05) is 11.4 Å². The Kier molecular flexibility index (Phi) is 4.71. The van der Waals surface area contributed by atoms with Crippen LogP contribution in [0.1, 0.15) is 47.6 Å². The Bertz CT molecular complexity index is 753. The molecule has 2 amide bonds. The zero-order valence-electron chi connectivity index (χ0n) is 14.2. The van der Waals surface area contributed by atoms with E-state index in [2.05, 4.69) is 25.2 Å². The van der Waals surface area contributed by atoms with E-state index in [-0.39, 0.29) is 17.9 Å². The van der Waals surface area contributed by atoms with Gasteiger partial charge in [-0.15, -0.1) is 11.3 Å². The van der Waals surface area contributed by atoms with E-state index >= 15 is 0 Å². The van der Waals surface area contributed by atoms with Gasteiger partial charge in [0.25, 0.3) is 5.91 Å². The molecule has 1 aliphatic rings. The van der Waals surface area contributed by atoms with Crippen molar-refractivity contribution in [3.8, 4) is 0 Å². The van der Waals surface area contributed by atoms with Gasteiger partial charge in [0.2, 0.25) is 5.91 Å². The molecule has 24 heavy (non-hydrogen) atoms. The fourth-order valence-electron chi connectivity index (χ4n) is 3.13. The van der Waals surface area contributed by atoms with E-state index in [1.54, 1.807) is 29.2 Å². The van der Waals surface area contributed by atoms with Crippen molar-refractivity contribution >= 4 is 28.8 Å². The van der Waals surface area contributed by atoms with Gasteiger partial charge in [-0.1, -0.05) is 19.9 Å². The molecule has 5 heteroatoms. The van der Waals surface area contributed by atoms with Crippen molar-refractivity contribution in [1.82, 2.24) is 5.32 Å². The summed E-state index contributed by atoms with van der Waals surface area (Å²) in [5.74, 6) is 0.296. The largest absolute Gasteiger partial charge is 0.344 e. The number of amides is 2. The fraction of sp³-hybridized carbons (Fsp3) is 0.368. The molecule has 1 N–H and O–H groups in total. The summed E-state index contributed by atoms with van der Waals surface area (Å²) in [6, 6.07) is 9.69. The van der Waals surface area contributed by atoms with Crippen LogP contribution in [0.2, 0.25) is 0 Å². The van der Waals surface area contributed by atoms with E-state index in [1.807, 2.05) is 23.6 Å². The van der Waals surface area contributed by atoms with Crippen LogP contribution in [0.15, 0.2) is 35.7 Å². The number of carbonyl (C=O) groups is 2. The smallest absolute Gasteiger partial charge is 0.251 e. The van der Waals surface area contributed by atoms with Crippen LogP contribution in [-0.4, -0.2) is 18.4 Å². The molecule has 1 aliphatic heterocycles. The van der Waals surface area contributed by atoms with Crippen molar-refractivity contribution < 1.29 is 9.59 Å². The van der Waals surface area contributed by atoms with Gasteiger partial charge in [0.15, 0.2) is 0 Å². The fourth-order valence-corrected chi connectivity index (χ4v) is 4.08. The van der Waals surface area contributed by atoms with E-state index in [0.717, 1.165) is 17.7 Å². The Morgan fingerprint density at radius 2 is 2.04 bits per heavy atom. The van der Waals surface area contributed by atoms with Crippen LogP contribution in [0, 0.1) is 5.92 Å². The summed E-state index contributed by atoms with van der Waals surface area (Å²) in [6.45, 7) is 6.49. The number of nitrogens with one attached hydrogen (secondary N) is 1. The van der Waals surface area contributed by atoms with Gasteiger partial charge in [-0.05, 0) is 47.5 Å². The number of nitrogens with zero attached hydrogens (tertiary/aromatic N) is 1. The second kappa shape index (κ2) is 6.77. The van der Waals surface area contributed by atoms with Gasteiger partial charge in [0, 0.05) is 29.6 Å². The van der Waals surface area contributed by atoms with E-state index in [9.17, 15) is 9.59 Å². The van der Waals surface area contributed by atoms with E-state index in [1.165, 1.54) is 4.88 Å². The van der Waals surface area contributed by atoms with Crippen LogP contribution >= 0.6 is 11.3 Å². The zero-order chi connectivity index (χ0) is 17.3. The molecule has 2 aromatic rings. The lowest BCUT2D eigenvalue weighted by molar-refractivity contribution is -0.116. The topological polar surface area (TPSA) is 49.4 Å². The molecule has 0 fully saturated rings. The first-order valence-electron chi connectivity index (χ1n) is 8.22. The molecular formula is C19H22N2O2S. The molecular weight excluding hydrogens is 320 g/mol. The third kappa shape index (κ3) is 3.22. The molecule has 126 valence electrons. The highest BCUT2D eigenvalue weighted by Gasteiger charge is 2.24. The highest BCUT2D eigenvalue weighted by atomic mass is 32.1. The third-order valence-corrected chi connectivity index (χ3v) is 5.38. The summed E-state index contributed by atoms with van der Waals surface area (Å²) in [7, 11) is 0. The minimum Gasteiger partial charge on any atom is -0.344 e. The average Bonchev–Trinajstić information content (AvgIpc) is 3.20. The molecule has 2 heterocycles. The number of carbonyl (C=O) groups excluding carboxylic acids is 2. The van der Waals surface area contributed by atoms with Crippen LogP contribution in [-0.2, 0) is 11.2 Å². The molecule has 3 rings (SSSR count). The molecule has 1 aromatic heterocycles. The van der Waals surface area contributed by atoms with Crippen LogP contribution < -0.4 is 10.2 Å². The molecule has 0 radical (unpaired) electrons. The lowest BCUT2D eigenvalue weighted by Gasteiger charge is -2.21. The number of rotatable bonds is 4. The van der Waals surface area contributed by atoms with E-state index in [4.69, 9.17) is 0 Å². The molecule has 1 aromatic carbocycles. The quantitative estimate of drug-likeness (QED) is 0.919. The second-order valence-corrected chi connectivity index (χ2v) is 7.45. The lowest BCUT2D eigenvalue weighted by atomic mass is 10.0. The summed E-state index contributed by atoms with van der Waals surface area (Å²) < 4.78 is 0. The predicted octanol–water partition coefficient (Wildman–Crippen LogP) is 3.78. The summed E-state index contributed by atoms with van der Waals surface area (Å²) in [4.78, 5) is 27.2. The van der Waals surface area contributed by atoms with Gasteiger partial charge < -0.3 is 10.2 Å². The minimum absolute atomic E-state index is 0.0134.